The Morgan fingerprint density at radius 3 is 2.35 bits per heavy atom. The molecule has 0 amide bonds. The average molecular weight is 335 g/mol. The molecule has 7 heteroatoms. The Hall–Kier alpha value is -2.25. The van der Waals surface area contributed by atoms with E-state index in [0.717, 1.165) is 6.07 Å². The highest BCUT2D eigenvalue weighted by Crippen LogP contribution is 2.55. The van der Waals surface area contributed by atoms with E-state index in [9.17, 15) is 22.7 Å². The highest BCUT2D eigenvalue weighted by Gasteiger charge is 2.74. The van der Waals surface area contributed by atoms with Crippen molar-refractivity contribution >= 4 is 15.8 Å². The van der Waals surface area contributed by atoms with Crippen LogP contribution in [-0.2, 0) is 14.6 Å². The van der Waals surface area contributed by atoms with Crippen molar-refractivity contribution in [2.75, 3.05) is 0 Å². The number of nitrogens with two attached hydrogens (primary N) is 1. The minimum absolute atomic E-state index is 0.0000203. The number of hydrogen-bond acceptors (Lipinski definition) is 4. The van der Waals surface area contributed by atoms with Crippen molar-refractivity contribution in [3.63, 3.8) is 0 Å². The summed E-state index contributed by atoms with van der Waals surface area (Å²) in [4.78, 5) is 11.6. The van der Waals surface area contributed by atoms with E-state index in [1.165, 1.54) is 30.3 Å². The van der Waals surface area contributed by atoms with Gasteiger partial charge in [-0.25, -0.2) is 12.8 Å². The number of sulfone groups is 1. The molecule has 120 valence electrons. The molecule has 3 rings (SSSR count). The average Bonchev–Trinajstić information content (AvgIpc) is 3.17. The van der Waals surface area contributed by atoms with E-state index in [4.69, 9.17) is 5.73 Å². The van der Waals surface area contributed by atoms with Crippen LogP contribution in [0.2, 0.25) is 0 Å². The van der Waals surface area contributed by atoms with Gasteiger partial charge in [0.1, 0.15) is 16.6 Å². The van der Waals surface area contributed by atoms with Crippen molar-refractivity contribution in [3.05, 3.63) is 66.0 Å². The van der Waals surface area contributed by atoms with Gasteiger partial charge in [-0.1, -0.05) is 30.3 Å². The Morgan fingerprint density at radius 2 is 1.78 bits per heavy atom. The Labute approximate surface area is 132 Å². The van der Waals surface area contributed by atoms with Gasteiger partial charge in [-0.3, -0.25) is 4.79 Å². The van der Waals surface area contributed by atoms with Gasteiger partial charge in [-0.05, 0) is 29.8 Å². The summed E-state index contributed by atoms with van der Waals surface area (Å²) in [5, 5.41) is 8.07. The molecule has 3 atom stereocenters. The van der Waals surface area contributed by atoms with Crippen molar-refractivity contribution in [1.29, 1.82) is 0 Å². The molecular formula is C16H14FNO4S. The van der Waals surface area contributed by atoms with Crippen LogP contribution in [0, 0.1) is 5.82 Å². The fourth-order valence-corrected chi connectivity index (χ4v) is 5.22. The van der Waals surface area contributed by atoms with Crippen LogP contribution >= 0.6 is 0 Å². The molecule has 0 aliphatic heterocycles. The van der Waals surface area contributed by atoms with E-state index in [1.807, 2.05) is 0 Å². The minimum Gasteiger partial charge on any atom is -0.480 e. The molecule has 0 aromatic heterocycles. The quantitative estimate of drug-likeness (QED) is 0.883. The van der Waals surface area contributed by atoms with Gasteiger partial charge >= 0.3 is 5.97 Å². The predicted octanol–water partition coefficient (Wildman–Crippen LogP) is 1.55. The summed E-state index contributed by atoms with van der Waals surface area (Å²) in [6.07, 6.45) is 0. The fourth-order valence-electron chi connectivity index (χ4n) is 2.97. The second kappa shape index (κ2) is 5.14. The van der Waals surface area contributed by atoms with Crippen LogP contribution in [0.25, 0.3) is 0 Å². The van der Waals surface area contributed by atoms with Gasteiger partial charge in [0.15, 0.2) is 9.84 Å². The summed E-state index contributed by atoms with van der Waals surface area (Å²) in [6, 6.07) is 12.7. The molecule has 0 unspecified atom stereocenters. The van der Waals surface area contributed by atoms with Crippen molar-refractivity contribution in [2.24, 2.45) is 5.73 Å². The molecule has 3 N–H and O–H groups in total. The lowest BCUT2D eigenvalue weighted by Crippen LogP contribution is -2.39. The summed E-state index contributed by atoms with van der Waals surface area (Å²) >= 11 is 0. The van der Waals surface area contributed by atoms with Crippen LogP contribution < -0.4 is 5.73 Å². The van der Waals surface area contributed by atoms with Crippen LogP contribution in [0.3, 0.4) is 0 Å². The Kier molecular flexibility index (Phi) is 3.50. The Bertz CT molecular complexity index is 869. The third-order valence-corrected chi connectivity index (χ3v) is 6.42. The molecule has 23 heavy (non-hydrogen) atoms. The van der Waals surface area contributed by atoms with Crippen molar-refractivity contribution < 1.29 is 22.7 Å². The van der Waals surface area contributed by atoms with Crippen LogP contribution in [0.15, 0.2) is 59.5 Å². The Balaban J connectivity index is 2.09. The number of benzene rings is 2. The third-order valence-electron chi connectivity index (χ3n) is 4.16. The molecule has 1 fully saturated rings. The first-order valence-corrected chi connectivity index (χ1v) is 8.41. The zero-order valence-corrected chi connectivity index (χ0v) is 12.7. The highest BCUT2D eigenvalue weighted by atomic mass is 32.2. The first kappa shape index (κ1) is 15.6. The highest BCUT2D eigenvalue weighted by molar-refractivity contribution is 7.92. The molecule has 2 aromatic carbocycles. The summed E-state index contributed by atoms with van der Waals surface area (Å²) < 4.78 is 38.9. The first-order valence-electron chi connectivity index (χ1n) is 6.86. The molecule has 0 saturated heterocycles. The molecule has 0 spiro atoms. The number of hydrogen-bond donors (Lipinski definition) is 2. The number of carboxylic acid groups (broad SMARTS) is 1. The summed E-state index contributed by atoms with van der Waals surface area (Å²) in [5.74, 6) is -2.99. The smallest absolute Gasteiger partial charge is 0.325 e. The lowest BCUT2D eigenvalue weighted by molar-refractivity contribution is -0.139. The zero-order valence-electron chi connectivity index (χ0n) is 11.9. The number of carboxylic acids is 1. The molecule has 0 heterocycles. The maximum absolute atomic E-state index is 13.4. The maximum Gasteiger partial charge on any atom is 0.325 e. The third kappa shape index (κ3) is 2.32. The van der Waals surface area contributed by atoms with Crippen molar-refractivity contribution in [1.82, 2.24) is 0 Å². The SMILES string of the molecule is N[C@@]1(C(=O)O)[C@H](S(=O)(=O)c2ccccc2)[C@@H]1c1cccc(F)c1. The van der Waals surface area contributed by atoms with Gasteiger partial charge in [0.05, 0.1) is 4.90 Å². The van der Waals surface area contributed by atoms with E-state index in [2.05, 4.69) is 0 Å². The van der Waals surface area contributed by atoms with E-state index in [0.29, 0.717) is 0 Å². The van der Waals surface area contributed by atoms with E-state index < -0.39 is 38.3 Å². The van der Waals surface area contributed by atoms with Crippen LogP contribution in [0.5, 0.6) is 0 Å². The second-order valence-electron chi connectivity index (χ2n) is 5.55. The summed E-state index contributed by atoms with van der Waals surface area (Å²) in [6.45, 7) is 0. The maximum atomic E-state index is 13.4. The molecule has 1 aliphatic rings. The molecule has 0 radical (unpaired) electrons. The Morgan fingerprint density at radius 1 is 1.13 bits per heavy atom. The molecule has 0 bridgehead atoms. The first-order chi connectivity index (χ1) is 10.8. The summed E-state index contributed by atoms with van der Waals surface area (Å²) in [5.41, 5.74) is 4.18. The molecule has 5 nitrogen and oxygen atoms in total. The largest absolute Gasteiger partial charge is 0.480 e. The van der Waals surface area contributed by atoms with Gasteiger partial charge in [0.2, 0.25) is 0 Å². The number of rotatable bonds is 4. The van der Waals surface area contributed by atoms with Crippen molar-refractivity contribution in [2.45, 2.75) is 21.6 Å². The van der Waals surface area contributed by atoms with Crippen LogP contribution in [0.1, 0.15) is 11.5 Å². The zero-order chi connectivity index (χ0) is 16.8. The van der Waals surface area contributed by atoms with Gasteiger partial charge in [0, 0.05) is 5.92 Å². The lowest BCUT2D eigenvalue weighted by atomic mass is 10.1. The minimum atomic E-state index is -3.96. The van der Waals surface area contributed by atoms with E-state index in [1.54, 1.807) is 18.2 Å². The normalized spacial score (nSPS) is 26.7. The van der Waals surface area contributed by atoms with Gasteiger partial charge in [-0.15, -0.1) is 0 Å². The van der Waals surface area contributed by atoms with Gasteiger partial charge < -0.3 is 10.8 Å². The topological polar surface area (TPSA) is 97.5 Å². The fraction of sp³-hybridized carbons (Fsp3) is 0.188. The monoisotopic (exact) mass is 335 g/mol. The van der Waals surface area contributed by atoms with Crippen molar-refractivity contribution in [3.8, 4) is 0 Å². The van der Waals surface area contributed by atoms with E-state index in [-0.39, 0.29) is 10.5 Å². The molecule has 1 saturated carbocycles. The van der Waals surface area contributed by atoms with Gasteiger partial charge in [0.25, 0.3) is 0 Å². The number of halogens is 1. The predicted molar refractivity (Wildman–Crippen MR) is 81.1 cm³/mol. The van der Waals surface area contributed by atoms with Gasteiger partial charge in [-0.2, -0.15) is 0 Å². The van der Waals surface area contributed by atoms with E-state index >= 15 is 0 Å². The molecule has 1 aliphatic carbocycles. The molecule has 2 aromatic rings. The van der Waals surface area contributed by atoms with Crippen LogP contribution in [-0.4, -0.2) is 30.3 Å². The number of carbonyl (C=O) groups is 1. The second-order valence-corrected chi connectivity index (χ2v) is 7.62. The lowest BCUT2D eigenvalue weighted by Gasteiger charge is -2.06. The molecular weight excluding hydrogens is 321 g/mol. The standard InChI is InChI=1S/C16H14FNO4S/c17-11-6-4-5-10(9-11)13-14(16(13,18)15(19)20)23(21,22)12-7-2-1-3-8-12/h1-9,13-14H,18H2,(H,19,20)/t13-,14+,16+/m0/s1. The van der Waals surface area contributed by atoms with Crippen LogP contribution in [0.4, 0.5) is 4.39 Å². The summed E-state index contributed by atoms with van der Waals surface area (Å²) in [7, 11) is -3.96. The number of aliphatic carboxylic acids is 1.